The molecule has 0 spiro atoms. The lowest BCUT2D eigenvalue weighted by Crippen LogP contribution is -2.32. The first-order valence-corrected chi connectivity index (χ1v) is 7.36. The maximum absolute atomic E-state index is 12.2. The zero-order chi connectivity index (χ0) is 14.2. The van der Waals surface area contributed by atoms with Crippen LogP contribution < -0.4 is 5.73 Å². The number of amides is 1. The lowest BCUT2D eigenvalue weighted by Gasteiger charge is -2.25. The maximum Gasteiger partial charge on any atom is 0.222 e. The molecule has 1 aliphatic heterocycles. The summed E-state index contributed by atoms with van der Waals surface area (Å²) in [6.07, 6.45) is 5.19. The lowest BCUT2D eigenvalue weighted by molar-refractivity contribution is -0.132. The van der Waals surface area contributed by atoms with Crippen LogP contribution in [0.2, 0.25) is 0 Å². The van der Waals surface area contributed by atoms with Crippen molar-refractivity contribution in [2.45, 2.75) is 38.6 Å². The largest absolute Gasteiger partial charge is 0.338 e. The van der Waals surface area contributed by atoms with Crippen molar-refractivity contribution in [3.8, 4) is 11.8 Å². The molecule has 0 bridgehead atoms. The van der Waals surface area contributed by atoms with Gasteiger partial charge in [0, 0.05) is 25.1 Å². The van der Waals surface area contributed by atoms with Gasteiger partial charge in [-0.2, -0.15) is 0 Å². The van der Waals surface area contributed by atoms with Crippen molar-refractivity contribution in [3.63, 3.8) is 0 Å². The van der Waals surface area contributed by atoms with Crippen LogP contribution in [-0.2, 0) is 11.3 Å². The number of carbonyl (C=O) groups is 1. The molecule has 0 atom stereocenters. The van der Waals surface area contributed by atoms with Gasteiger partial charge in [0.1, 0.15) is 0 Å². The Hall–Kier alpha value is -1.79. The third-order valence-electron chi connectivity index (χ3n) is 3.63. The summed E-state index contributed by atoms with van der Waals surface area (Å²) in [4.78, 5) is 14.1. The number of likely N-dealkylation sites (tertiary alicyclic amines) is 1. The van der Waals surface area contributed by atoms with Crippen LogP contribution in [0.5, 0.6) is 0 Å². The SMILES string of the molecule is NCC#Cc1ccccc1CN1CCCCCCC1=O. The Bertz CT molecular complexity index is 513. The Labute approximate surface area is 121 Å². The maximum atomic E-state index is 12.2. The fourth-order valence-corrected chi connectivity index (χ4v) is 2.51. The van der Waals surface area contributed by atoms with Crippen LogP contribution >= 0.6 is 0 Å². The molecule has 0 saturated carbocycles. The monoisotopic (exact) mass is 270 g/mol. The van der Waals surface area contributed by atoms with Crippen molar-refractivity contribution in [3.05, 3.63) is 35.4 Å². The van der Waals surface area contributed by atoms with Crippen molar-refractivity contribution in [2.75, 3.05) is 13.1 Å². The van der Waals surface area contributed by atoms with E-state index in [0.717, 1.165) is 30.5 Å². The summed E-state index contributed by atoms with van der Waals surface area (Å²) in [5, 5.41) is 0. The molecule has 3 nitrogen and oxygen atoms in total. The highest BCUT2D eigenvalue weighted by atomic mass is 16.2. The van der Waals surface area contributed by atoms with Crippen LogP contribution in [0.4, 0.5) is 0 Å². The normalized spacial score (nSPS) is 16.1. The summed E-state index contributed by atoms with van der Waals surface area (Å²) in [6.45, 7) is 1.88. The van der Waals surface area contributed by atoms with Crippen LogP contribution in [0, 0.1) is 11.8 Å². The molecule has 1 aromatic rings. The minimum absolute atomic E-state index is 0.270. The van der Waals surface area contributed by atoms with E-state index in [2.05, 4.69) is 11.8 Å². The van der Waals surface area contributed by atoms with Crippen LogP contribution in [0.3, 0.4) is 0 Å². The molecule has 106 valence electrons. The Balaban J connectivity index is 2.13. The summed E-state index contributed by atoms with van der Waals surface area (Å²) in [6, 6.07) is 8.01. The van der Waals surface area contributed by atoms with E-state index in [1.54, 1.807) is 0 Å². The Morgan fingerprint density at radius 2 is 1.95 bits per heavy atom. The molecule has 1 saturated heterocycles. The summed E-state index contributed by atoms with van der Waals surface area (Å²) in [5.74, 6) is 6.25. The highest BCUT2D eigenvalue weighted by Gasteiger charge is 2.16. The minimum Gasteiger partial charge on any atom is -0.338 e. The van der Waals surface area contributed by atoms with Gasteiger partial charge >= 0.3 is 0 Å². The molecule has 3 heteroatoms. The van der Waals surface area contributed by atoms with Crippen LogP contribution in [0.1, 0.15) is 43.2 Å². The molecule has 20 heavy (non-hydrogen) atoms. The van der Waals surface area contributed by atoms with E-state index in [-0.39, 0.29) is 5.91 Å². The Morgan fingerprint density at radius 1 is 1.15 bits per heavy atom. The van der Waals surface area contributed by atoms with Crippen molar-refractivity contribution in [1.29, 1.82) is 0 Å². The van der Waals surface area contributed by atoms with Crippen LogP contribution in [0.25, 0.3) is 0 Å². The predicted molar refractivity (Wildman–Crippen MR) is 80.9 cm³/mol. The summed E-state index contributed by atoms with van der Waals surface area (Å²) in [5.41, 5.74) is 7.53. The van der Waals surface area contributed by atoms with Gasteiger partial charge in [-0.1, -0.05) is 42.9 Å². The molecule has 1 aromatic carbocycles. The third-order valence-corrected chi connectivity index (χ3v) is 3.63. The quantitative estimate of drug-likeness (QED) is 0.838. The molecule has 0 aliphatic carbocycles. The smallest absolute Gasteiger partial charge is 0.222 e. The number of hydrogen-bond acceptors (Lipinski definition) is 2. The third kappa shape index (κ3) is 4.11. The second-order valence-electron chi connectivity index (χ2n) is 5.14. The van der Waals surface area contributed by atoms with E-state index in [1.165, 1.54) is 12.8 Å². The molecule has 0 aromatic heterocycles. The van der Waals surface area contributed by atoms with Gasteiger partial charge in [-0.3, -0.25) is 4.79 Å². The number of benzene rings is 1. The van der Waals surface area contributed by atoms with E-state index in [0.29, 0.717) is 19.5 Å². The van der Waals surface area contributed by atoms with Gasteiger partial charge in [0.15, 0.2) is 0 Å². The van der Waals surface area contributed by atoms with Crippen LogP contribution in [0.15, 0.2) is 24.3 Å². The highest BCUT2D eigenvalue weighted by Crippen LogP contribution is 2.16. The van der Waals surface area contributed by atoms with E-state index < -0.39 is 0 Å². The van der Waals surface area contributed by atoms with Gasteiger partial charge in [0.25, 0.3) is 0 Å². The zero-order valence-electron chi connectivity index (χ0n) is 11.9. The Kier molecular flexibility index (Phi) is 5.64. The second-order valence-corrected chi connectivity index (χ2v) is 5.14. The van der Waals surface area contributed by atoms with E-state index in [1.807, 2.05) is 29.2 Å². The van der Waals surface area contributed by atoms with Gasteiger partial charge in [-0.15, -0.1) is 0 Å². The van der Waals surface area contributed by atoms with Crippen LogP contribution in [-0.4, -0.2) is 23.9 Å². The van der Waals surface area contributed by atoms with Crippen molar-refractivity contribution >= 4 is 5.91 Å². The van der Waals surface area contributed by atoms with Gasteiger partial charge in [0.2, 0.25) is 5.91 Å². The molecule has 1 fully saturated rings. The molecule has 1 aliphatic rings. The second kappa shape index (κ2) is 7.72. The number of nitrogens with two attached hydrogens (primary N) is 1. The Morgan fingerprint density at radius 3 is 2.80 bits per heavy atom. The van der Waals surface area contributed by atoms with Crippen molar-refractivity contribution < 1.29 is 4.79 Å². The van der Waals surface area contributed by atoms with E-state index in [9.17, 15) is 4.79 Å². The highest BCUT2D eigenvalue weighted by molar-refractivity contribution is 5.76. The fraction of sp³-hybridized carbons (Fsp3) is 0.471. The van der Waals surface area contributed by atoms with E-state index in [4.69, 9.17) is 5.73 Å². The number of rotatable bonds is 2. The minimum atomic E-state index is 0.270. The topological polar surface area (TPSA) is 46.3 Å². The number of hydrogen-bond donors (Lipinski definition) is 1. The predicted octanol–water partition coefficient (Wildman–Crippen LogP) is 2.29. The summed E-state index contributed by atoms with van der Waals surface area (Å²) >= 11 is 0. The molecule has 1 amide bonds. The summed E-state index contributed by atoms with van der Waals surface area (Å²) in [7, 11) is 0. The van der Waals surface area contributed by atoms with Gasteiger partial charge in [-0.05, 0) is 24.5 Å². The molecule has 1 heterocycles. The number of nitrogens with zero attached hydrogens (tertiary/aromatic N) is 1. The zero-order valence-corrected chi connectivity index (χ0v) is 11.9. The van der Waals surface area contributed by atoms with Gasteiger partial charge in [0.05, 0.1) is 6.54 Å². The molecular weight excluding hydrogens is 248 g/mol. The average molecular weight is 270 g/mol. The fourth-order valence-electron chi connectivity index (χ4n) is 2.51. The summed E-state index contributed by atoms with van der Waals surface area (Å²) < 4.78 is 0. The van der Waals surface area contributed by atoms with Gasteiger partial charge < -0.3 is 10.6 Å². The molecular formula is C17H22N2O. The molecule has 0 unspecified atom stereocenters. The standard InChI is InChI=1S/C17H22N2O/c18-12-7-10-15-8-4-5-9-16(15)14-19-13-6-2-1-3-11-17(19)20/h4-5,8-9H,1-3,6,11-14,18H2. The average Bonchev–Trinajstić information content (AvgIpc) is 2.46. The van der Waals surface area contributed by atoms with Crippen molar-refractivity contribution in [1.82, 2.24) is 4.90 Å². The molecule has 0 radical (unpaired) electrons. The van der Waals surface area contributed by atoms with Crippen molar-refractivity contribution in [2.24, 2.45) is 5.73 Å². The van der Waals surface area contributed by atoms with E-state index >= 15 is 0 Å². The first-order valence-electron chi connectivity index (χ1n) is 7.36. The lowest BCUT2D eigenvalue weighted by atomic mass is 10.0. The molecule has 2 rings (SSSR count). The first-order chi connectivity index (χ1) is 9.81. The first kappa shape index (κ1) is 14.6. The van der Waals surface area contributed by atoms with Gasteiger partial charge in [-0.25, -0.2) is 0 Å². The number of carbonyl (C=O) groups excluding carboxylic acids is 1. The molecule has 2 N–H and O–H groups in total.